The molecule has 1 heterocycles. The van der Waals surface area contributed by atoms with Crippen LogP contribution in [0.4, 0.5) is 0 Å². The molecule has 142 valence electrons. The van der Waals surface area contributed by atoms with Gasteiger partial charge in [-0.05, 0) is 36.6 Å². The first-order chi connectivity index (χ1) is 13.6. The molecule has 1 N–H and O–H groups in total. The van der Waals surface area contributed by atoms with Gasteiger partial charge >= 0.3 is 5.97 Å². The molecule has 3 aromatic rings. The van der Waals surface area contributed by atoms with E-state index in [0.717, 1.165) is 22.9 Å². The van der Waals surface area contributed by atoms with Gasteiger partial charge in [-0.25, -0.2) is 4.79 Å². The summed E-state index contributed by atoms with van der Waals surface area (Å²) in [6.07, 6.45) is 5.40. The van der Waals surface area contributed by atoms with Crippen molar-refractivity contribution in [1.29, 1.82) is 0 Å². The van der Waals surface area contributed by atoms with Crippen molar-refractivity contribution in [3.05, 3.63) is 83.6 Å². The second-order valence-corrected chi connectivity index (χ2v) is 6.39. The summed E-state index contributed by atoms with van der Waals surface area (Å²) in [4.78, 5) is 28.1. The number of nitrogens with one attached hydrogen (secondary N) is 1. The zero-order valence-corrected chi connectivity index (χ0v) is 15.7. The summed E-state index contributed by atoms with van der Waals surface area (Å²) in [6.45, 7) is 2.24. The lowest BCUT2D eigenvalue weighted by Crippen LogP contribution is -2.30. The molecule has 0 saturated heterocycles. The van der Waals surface area contributed by atoms with Gasteiger partial charge in [0.25, 0.3) is 5.91 Å². The number of nitrogens with zero attached hydrogens (tertiary/aromatic N) is 1. The number of hydrogen-bond donors (Lipinski definition) is 1. The number of amides is 1. The third kappa shape index (κ3) is 5.27. The standard InChI is InChI=1S/C23H22N2O3/c1-17-6-2-3-7-18(17)13-15-24-21(26)16-28-22(27)12-11-20-9-4-8-19-10-5-14-25-23(19)20/h2-12,14H,13,15-16H2,1H3,(H,24,26)/b12-11+. The first-order valence-corrected chi connectivity index (χ1v) is 9.13. The minimum absolute atomic E-state index is 0.301. The Morgan fingerprint density at radius 3 is 2.75 bits per heavy atom. The number of hydrogen-bond acceptors (Lipinski definition) is 4. The maximum atomic E-state index is 11.9. The molecule has 0 aliphatic heterocycles. The number of para-hydroxylation sites is 1. The summed E-state index contributed by atoms with van der Waals surface area (Å²) in [5.41, 5.74) is 4.00. The number of aromatic nitrogens is 1. The van der Waals surface area contributed by atoms with Crippen LogP contribution in [0.3, 0.4) is 0 Å². The van der Waals surface area contributed by atoms with E-state index in [9.17, 15) is 9.59 Å². The largest absolute Gasteiger partial charge is 0.452 e. The van der Waals surface area contributed by atoms with E-state index >= 15 is 0 Å². The molecule has 0 bridgehead atoms. The molecule has 0 aliphatic rings. The van der Waals surface area contributed by atoms with E-state index in [0.29, 0.717) is 6.54 Å². The molecule has 2 aromatic carbocycles. The van der Waals surface area contributed by atoms with E-state index in [2.05, 4.69) is 10.3 Å². The van der Waals surface area contributed by atoms with E-state index in [1.165, 1.54) is 17.2 Å². The molecule has 0 aliphatic carbocycles. The number of carbonyl (C=O) groups is 2. The van der Waals surface area contributed by atoms with Crippen molar-refractivity contribution < 1.29 is 14.3 Å². The number of ether oxygens (including phenoxy) is 1. The van der Waals surface area contributed by atoms with Crippen LogP contribution in [0.15, 0.2) is 66.9 Å². The van der Waals surface area contributed by atoms with Crippen molar-refractivity contribution >= 4 is 28.9 Å². The van der Waals surface area contributed by atoms with Gasteiger partial charge in [-0.1, -0.05) is 48.5 Å². The Morgan fingerprint density at radius 1 is 1.07 bits per heavy atom. The number of pyridine rings is 1. The van der Waals surface area contributed by atoms with Crippen LogP contribution in [0.5, 0.6) is 0 Å². The van der Waals surface area contributed by atoms with Crippen molar-refractivity contribution in [2.24, 2.45) is 0 Å². The Hall–Kier alpha value is -3.47. The lowest BCUT2D eigenvalue weighted by molar-refractivity contribution is -0.143. The summed E-state index contributed by atoms with van der Waals surface area (Å²) in [5, 5.41) is 3.75. The fraction of sp³-hybridized carbons (Fsp3) is 0.174. The second-order valence-electron chi connectivity index (χ2n) is 6.39. The normalized spacial score (nSPS) is 10.9. The molecule has 28 heavy (non-hydrogen) atoms. The zero-order chi connectivity index (χ0) is 19.8. The smallest absolute Gasteiger partial charge is 0.331 e. The summed E-state index contributed by atoms with van der Waals surface area (Å²) >= 11 is 0. The van der Waals surface area contributed by atoms with Crippen LogP contribution >= 0.6 is 0 Å². The van der Waals surface area contributed by atoms with Gasteiger partial charge in [0.05, 0.1) is 5.52 Å². The molecule has 1 aromatic heterocycles. The van der Waals surface area contributed by atoms with Crippen molar-refractivity contribution in [1.82, 2.24) is 10.3 Å². The lowest BCUT2D eigenvalue weighted by Gasteiger charge is -2.07. The second kappa shape index (κ2) is 9.46. The van der Waals surface area contributed by atoms with E-state index < -0.39 is 5.97 Å². The molecule has 0 fully saturated rings. The average molecular weight is 374 g/mol. The Balaban J connectivity index is 1.45. The summed E-state index contributed by atoms with van der Waals surface area (Å²) in [5.74, 6) is -0.885. The maximum absolute atomic E-state index is 11.9. The van der Waals surface area contributed by atoms with E-state index in [-0.39, 0.29) is 12.5 Å². The molecule has 0 saturated carbocycles. The predicted molar refractivity (Wildman–Crippen MR) is 110 cm³/mol. The highest BCUT2D eigenvalue weighted by molar-refractivity contribution is 5.93. The third-order valence-corrected chi connectivity index (χ3v) is 4.39. The first-order valence-electron chi connectivity index (χ1n) is 9.13. The van der Waals surface area contributed by atoms with Crippen LogP contribution < -0.4 is 5.32 Å². The average Bonchev–Trinajstić information content (AvgIpc) is 2.72. The minimum Gasteiger partial charge on any atom is -0.452 e. The summed E-state index contributed by atoms with van der Waals surface area (Å²) in [6, 6.07) is 17.6. The number of esters is 1. The molecule has 0 unspecified atom stereocenters. The van der Waals surface area contributed by atoms with Crippen LogP contribution in [-0.2, 0) is 20.7 Å². The van der Waals surface area contributed by atoms with Crippen molar-refractivity contribution in [2.75, 3.05) is 13.2 Å². The van der Waals surface area contributed by atoms with E-state index in [1.54, 1.807) is 12.3 Å². The fourth-order valence-electron chi connectivity index (χ4n) is 2.88. The van der Waals surface area contributed by atoms with Crippen molar-refractivity contribution in [3.63, 3.8) is 0 Å². The third-order valence-electron chi connectivity index (χ3n) is 4.39. The monoisotopic (exact) mass is 374 g/mol. The maximum Gasteiger partial charge on any atom is 0.331 e. The topological polar surface area (TPSA) is 68.3 Å². The SMILES string of the molecule is Cc1ccccc1CCNC(=O)COC(=O)/C=C/c1cccc2cccnc12. The van der Waals surface area contributed by atoms with E-state index in [1.807, 2.05) is 61.5 Å². The van der Waals surface area contributed by atoms with Crippen LogP contribution in [0.1, 0.15) is 16.7 Å². The number of aryl methyl sites for hydroxylation is 1. The van der Waals surface area contributed by atoms with Gasteiger partial charge in [0.15, 0.2) is 6.61 Å². The molecular formula is C23H22N2O3. The van der Waals surface area contributed by atoms with Crippen LogP contribution in [0.25, 0.3) is 17.0 Å². The highest BCUT2D eigenvalue weighted by atomic mass is 16.5. The minimum atomic E-state index is -0.568. The molecule has 0 radical (unpaired) electrons. The van der Waals surface area contributed by atoms with Crippen LogP contribution in [0, 0.1) is 6.92 Å². The predicted octanol–water partition coefficient (Wildman–Crippen LogP) is 3.46. The van der Waals surface area contributed by atoms with Crippen LogP contribution in [0.2, 0.25) is 0 Å². The molecule has 5 nitrogen and oxygen atoms in total. The summed E-state index contributed by atoms with van der Waals surface area (Å²) in [7, 11) is 0. The zero-order valence-electron chi connectivity index (χ0n) is 15.7. The van der Waals surface area contributed by atoms with Gasteiger partial charge in [0.2, 0.25) is 0 Å². The van der Waals surface area contributed by atoms with Crippen LogP contribution in [-0.4, -0.2) is 30.0 Å². The first kappa shape index (κ1) is 19.3. The molecule has 0 atom stereocenters. The van der Waals surface area contributed by atoms with Gasteiger partial charge in [-0.15, -0.1) is 0 Å². The number of rotatable bonds is 7. The van der Waals surface area contributed by atoms with Gasteiger partial charge in [-0.2, -0.15) is 0 Å². The highest BCUT2D eigenvalue weighted by Crippen LogP contribution is 2.17. The molecule has 1 amide bonds. The molecule has 5 heteroatoms. The number of benzene rings is 2. The molecule has 3 rings (SSSR count). The Morgan fingerprint density at radius 2 is 1.89 bits per heavy atom. The van der Waals surface area contributed by atoms with Gasteiger partial charge in [0.1, 0.15) is 0 Å². The summed E-state index contributed by atoms with van der Waals surface area (Å²) < 4.78 is 5.01. The van der Waals surface area contributed by atoms with Gasteiger partial charge < -0.3 is 10.1 Å². The molecule has 0 spiro atoms. The lowest BCUT2D eigenvalue weighted by atomic mass is 10.1. The van der Waals surface area contributed by atoms with Crippen molar-refractivity contribution in [2.45, 2.75) is 13.3 Å². The van der Waals surface area contributed by atoms with E-state index in [4.69, 9.17) is 4.74 Å². The number of carbonyl (C=O) groups excluding carboxylic acids is 2. The number of fused-ring (bicyclic) bond motifs is 1. The quantitative estimate of drug-likeness (QED) is 0.508. The highest BCUT2D eigenvalue weighted by Gasteiger charge is 2.06. The Labute approximate surface area is 164 Å². The van der Waals surface area contributed by atoms with Gasteiger partial charge in [0, 0.05) is 29.8 Å². The molecular weight excluding hydrogens is 352 g/mol. The van der Waals surface area contributed by atoms with Gasteiger partial charge in [-0.3, -0.25) is 9.78 Å². The Kier molecular flexibility index (Phi) is 6.52. The van der Waals surface area contributed by atoms with Crippen molar-refractivity contribution in [3.8, 4) is 0 Å². The Bertz CT molecular complexity index is 1010. The fourth-order valence-corrected chi connectivity index (χ4v) is 2.88.